The Morgan fingerprint density at radius 3 is 0.943 bits per heavy atom. The number of hydrogen-bond acceptors (Lipinski definition) is 5. The smallest absolute Gasteiger partial charge is 0.284 e. The van der Waals surface area contributed by atoms with Crippen LogP contribution in [0.15, 0.2) is 12.1 Å². The zero-order chi connectivity index (χ0) is 62.2. The minimum atomic E-state index is -3.00. The van der Waals surface area contributed by atoms with Gasteiger partial charge < -0.3 is 0 Å². The third-order valence-electron chi connectivity index (χ3n) is 21.0. The fourth-order valence-corrected chi connectivity index (χ4v) is 21.3. The van der Waals surface area contributed by atoms with E-state index in [9.17, 15) is 0 Å². The minimum Gasteiger partial charge on any atom is -0.293 e. The SMILES string of the molecule is CCCCCCCCCCCCCCC1(CCCCCCCCCCCCCC)C(=O)c2cc(C(C)C)sc2-c2sc3c4c(sc3c21)-c1sc(C(C)C)cc1C(F)(F)C4(CCCCCCCCCCCCCC)CCCCCCCCCCCCCC. The van der Waals surface area contributed by atoms with Crippen molar-refractivity contribution in [1.82, 2.24) is 0 Å². The number of thiophene rings is 4. The molecule has 7 heteroatoms. The number of ketones is 1. The summed E-state index contributed by atoms with van der Waals surface area (Å²) in [6.45, 7) is 18.2. The van der Waals surface area contributed by atoms with Crippen LogP contribution < -0.4 is 0 Å². The molecule has 0 N–H and O–H groups in total. The summed E-state index contributed by atoms with van der Waals surface area (Å²) in [5, 5.41) is 0. The number of unbranched alkanes of at least 4 members (excludes halogenated alkanes) is 44. The van der Waals surface area contributed by atoms with Crippen LogP contribution in [0.2, 0.25) is 0 Å². The van der Waals surface area contributed by atoms with Crippen molar-refractivity contribution in [3.05, 3.63) is 44.1 Å². The van der Waals surface area contributed by atoms with Gasteiger partial charge in [-0.2, -0.15) is 0 Å². The first-order chi connectivity index (χ1) is 42.4. The lowest BCUT2D eigenvalue weighted by atomic mass is 9.63. The molecule has 0 fully saturated rings. The summed E-state index contributed by atoms with van der Waals surface area (Å²) in [7, 11) is 0. The molecule has 0 spiro atoms. The largest absolute Gasteiger partial charge is 0.293 e. The van der Waals surface area contributed by atoms with Crippen molar-refractivity contribution in [2.75, 3.05) is 0 Å². The Labute approximate surface area is 551 Å². The fraction of sp³-hybridized carbons (Fsp3) is 0.812. The molecule has 0 unspecified atom stereocenters. The lowest BCUT2D eigenvalue weighted by Crippen LogP contribution is -2.45. The zero-order valence-electron chi connectivity index (χ0n) is 57.9. The maximum atomic E-state index is 19.1. The van der Waals surface area contributed by atoms with Crippen molar-refractivity contribution < 1.29 is 13.6 Å². The molecule has 0 aliphatic heterocycles. The van der Waals surface area contributed by atoms with E-state index in [4.69, 9.17) is 0 Å². The Hall–Kier alpha value is -1.41. The number of rotatable bonds is 54. The zero-order valence-corrected chi connectivity index (χ0v) is 61.1. The predicted molar refractivity (Wildman–Crippen MR) is 389 cm³/mol. The van der Waals surface area contributed by atoms with Gasteiger partial charge in [0, 0.05) is 32.0 Å². The summed E-state index contributed by atoms with van der Waals surface area (Å²) in [4.78, 5) is 23.1. The molecular formula is C80H132F2OS4. The summed E-state index contributed by atoms with van der Waals surface area (Å²) in [5.41, 5.74) is 1.62. The first-order valence-electron chi connectivity index (χ1n) is 38.2. The van der Waals surface area contributed by atoms with E-state index in [2.05, 4.69) is 61.5 Å². The van der Waals surface area contributed by atoms with Crippen molar-refractivity contribution in [3.8, 4) is 19.5 Å². The molecule has 6 rings (SSSR count). The molecule has 4 aromatic heterocycles. The summed E-state index contributed by atoms with van der Waals surface area (Å²) in [6, 6.07) is 4.26. The number of fused-ring (bicyclic) bond motifs is 9. The molecule has 0 atom stereocenters. The molecule has 0 radical (unpaired) electrons. The van der Waals surface area contributed by atoms with Gasteiger partial charge in [-0.3, -0.25) is 4.79 Å². The van der Waals surface area contributed by atoms with Crippen molar-refractivity contribution in [2.45, 2.75) is 418 Å². The third-order valence-corrected chi connectivity index (χ3v) is 26.7. The van der Waals surface area contributed by atoms with Crippen LogP contribution in [0.4, 0.5) is 8.78 Å². The lowest BCUT2D eigenvalue weighted by Gasteiger charge is -2.44. The monoisotopic (exact) mass is 1270 g/mol. The summed E-state index contributed by atoms with van der Waals surface area (Å²) in [5.74, 6) is -2.14. The van der Waals surface area contributed by atoms with Gasteiger partial charge in [0.05, 0.1) is 39.7 Å². The molecule has 87 heavy (non-hydrogen) atoms. The molecule has 0 saturated heterocycles. The highest BCUT2D eigenvalue weighted by Crippen LogP contribution is 2.69. The Kier molecular flexibility index (Phi) is 35.5. The lowest BCUT2D eigenvalue weighted by molar-refractivity contribution is -0.0968. The van der Waals surface area contributed by atoms with Gasteiger partial charge in [0.15, 0.2) is 5.78 Å². The molecule has 4 aromatic rings. The average molecular weight is 1280 g/mol. The Morgan fingerprint density at radius 1 is 0.333 bits per heavy atom. The Balaban J connectivity index is 1.37. The molecule has 0 saturated carbocycles. The van der Waals surface area contributed by atoms with Gasteiger partial charge in [-0.15, -0.1) is 45.3 Å². The molecule has 4 heterocycles. The van der Waals surface area contributed by atoms with E-state index in [0.29, 0.717) is 30.1 Å². The highest BCUT2D eigenvalue weighted by atomic mass is 32.1. The van der Waals surface area contributed by atoms with Gasteiger partial charge in [-0.25, -0.2) is 8.78 Å². The average Bonchev–Trinajstić information content (AvgIpc) is 1.55. The van der Waals surface area contributed by atoms with Crippen LogP contribution in [0.5, 0.6) is 0 Å². The van der Waals surface area contributed by atoms with Crippen LogP contribution >= 0.6 is 45.3 Å². The summed E-state index contributed by atoms with van der Waals surface area (Å²) >= 11 is 7.24. The van der Waals surface area contributed by atoms with Gasteiger partial charge in [0.2, 0.25) is 0 Å². The molecule has 0 amide bonds. The van der Waals surface area contributed by atoms with E-state index in [1.54, 1.807) is 11.3 Å². The van der Waals surface area contributed by atoms with Gasteiger partial charge in [-0.05, 0) is 49.7 Å². The first kappa shape index (κ1) is 74.6. The number of Topliss-reactive ketones (excluding diaryl/α,β-unsaturated/α-hetero) is 1. The van der Waals surface area contributed by atoms with E-state index >= 15 is 13.6 Å². The Morgan fingerprint density at radius 2 is 0.609 bits per heavy atom. The number of carbonyl (C=O) groups is 1. The van der Waals surface area contributed by atoms with Crippen LogP contribution in [0.25, 0.3) is 28.9 Å². The van der Waals surface area contributed by atoms with Crippen LogP contribution in [0.1, 0.15) is 438 Å². The highest BCUT2D eigenvalue weighted by molar-refractivity contribution is 7.34. The van der Waals surface area contributed by atoms with Crippen LogP contribution in [-0.2, 0) is 16.8 Å². The topological polar surface area (TPSA) is 17.1 Å². The molecule has 2 aliphatic carbocycles. The van der Waals surface area contributed by atoms with E-state index in [0.717, 1.165) is 112 Å². The summed E-state index contributed by atoms with van der Waals surface area (Å²) < 4.78 is 40.6. The highest BCUT2D eigenvalue weighted by Gasteiger charge is 2.62. The molecule has 496 valence electrons. The van der Waals surface area contributed by atoms with Gasteiger partial charge in [0.25, 0.3) is 5.92 Å². The third kappa shape index (κ3) is 21.6. The number of carbonyl (C=O) groups excluding carboxylic acids is 1. The summed E-state index contributed by atoms with van der Waals surface area (Å²) in [6.07, 6.45) is 63.6. The van der Waals surface area contributed by atoms with Crippen molar-refractivity contribution in [2.24, 2.45) is 0 Å². The van der Waals surface area contributed by atoms with Crippen molar-refractivity contribution >= 4 is 60.5 Å². The number of alkyl halides is 2. The van der Waals surface area contributed by atoms with E-state index in [-0.39, 0.29) is 5.92 Å². The van der Waals surface area contributed by atoms with Crippen LogP contribution in [0, 0.1) is 0 Å². The van der Waals surface area contributed by atoms with Gasteiger partial charge in [-0.1, -0.05) is 364 Å². The van der Waals surface area contributed by atoms with Crippen LogP contribution in [0.3, 0.4) is 0 Å². The first-order valence-corrected chi connectivity index (χ1v) is 41.5. The maximum Gasteiger partial charge on any atom is 0.284 e. The predicted octanol–water partition coefficient (Wildman–Crippen LogP) is 30.8. The number of hydrogen-bond donors (Lipinski definition) is 0. The molecule has 2 aliphatic rings. The standard InChI is InChI=1S/C80H132F2OS4/c1-9-13-17-21-25-29-33-37-41-45-49-53-57-78(58-54-50-46-42-38-34-30-26-22-18-14-10-2)69-73(71-65(77(78)83)61-67(84-71)63(5)6)86-76-70-75(87-74(69)76)72-66(62-68(85-72)64(7)8)80(81,82)79(70,59-55-51-47-43-39-35-31-27-23-19-15-11-3)60-56-52-48-44-40-36-32-28-24-20-16-12-4/h61-64H,9-60H2,1-8H3. The molecule has 0 aromatic carbocycles. The second-order valence-electron chi connectivity index (χ2n) is 29.0. The van der Waals surface area contributed by atoms with E-state index in [1.165, 1.54) is 264 Å². The minimum absolute atomic E-state index is 0.180. The van der Waals surface area contributed by atoms with Crippen LogP contribution in [-0.4, -0.2) is 5.78 Å². The van der Waals surface area contributed by atoms with Crippen molar-refractivity contribution in [1.29, 1.82) is 0 Å². The molecular weight excluding hydrogens is 1140 g/mol. The van der Waals surface area contributed by atoms with Gasteiger partial charge >= 0.3 is 0 Å². The van der Waals surface area contributed by atoms with Gasteiger partial charge in [0.1, 0.15) is 0 Å². The quantitative estimate of drug-likeness (QED) is 0.0403. The van der Waals surface area contributed by atoms with E-state index < -0.39 is 16.8 Å². The maximum absolute atomic E-state index is 19.1. The second-order valence-corrected chi connectivity index (χ2v) is 33.2. The fourth-order valence-electron chi connectivity index (χ4n) is 15.4. The number of halogens is 2. The van der Waals surface area contributed by atoms with E-state index in [1.807, 2.05) is 40.1 Å². The van der Waals surface area contributed by atoms with Crippen molar-refractivity contribution in [3.63, 3.8) is 0 Å². The normalized spacial score (nSPS) is 14.9. The molecule has 0 bridgehead atoms. The molecule has 1 nitrogen and oxygen atoms in total. The second kappa shape index (κ2) is 41.3. The Bertz CT molecular complexity index is 2400.